The molecular weight excluding hydrogens is 495 g/mol. The molecule has 2 aromatic carbocycles. The van der Waals surface area contributed by atoms with E-state index < -0.39 is 0 Å². The molecular formula is C19H13IN2O3S2. The molecule has 1 N–H and O–H groups in total. The smallest absolute Gasteiger partial charge is 0.263 e. The zero-order valence-electron chi connectivity index (χ0n) is 14.1. The van der Waals surface area contributed by atoms with Gasteiger partial charge in [0.05, 0.1) is 27.2 Å². The van der Waals surface area contributed by atoms with Gasteiger partial charge in [-0.15, -0.1) is 0 Å². The van der Waals surface area contributed by atoms with E-state index in [4.69, 9.17) is 21.7 Å². The van der Waals surface area contributed by atoms with E-state index >= 15 is 0 Å². The van der Waals surface area contributed by atoms with Crippen molar-refractivity contribution in [3.8, 4) is 17.6 Å². The lowest BCUT2D eigenvalue weighted by Gasteiger charge is -2.14. The van der Waals surface area contributed by atoms with E-state index in [2.05, 4.69) is 34.0 Å². The van der Waals surface area contributed by atoms with Crippen molar-refractivity contribution in [2.75, 3.05) is 7.11 Å². The van der Waals surface area contributed by atoms with Gasteiger partial charge in [0.15, 0.2) is 11.5 Å². The van der Waals surface area contributed by atoms with Crippen molar-refractivity contribution in [2.45, 2.75) is 6.61 Å². The van der Waals surface area contributed by atoms with Crippen LogP contribution in [0.15, 0.2) is 41.3 Å². The van der Waals surface area contributed by atoms with Crippen LogP contribution in [0.5, 0.6) is 11.5 Å². The van der Waals surface area contributed by atoms with Crippen LogP contribution in [0.2, 0.25) is 0 Å². The third-order valence-electron chi connectivity index (χ3n) is 3.70. The summed E-state index contributed by atoms with van der Waals surface area (Å²) in [6, 6.07) is 13.2. The number of halogens is 1. The molecule has 136 valence electrons. The summed E-state index contributed by atoms with van der Waals surface area (Å²) in [6.07, 6.45) is 1.76. The van der Waals surface area contributed by atoms with E-state index in [1.54, 1.807) is 25.3 Å². The lowest BCUT2D eigenvalue weighted by atomic mass is 10.1. The summed E-state index contributed by atoms with van der Waals surface area (Å²) in [7, 11) is 1.56. The molecule has 1 fully saturated rings. The van der Waals surface area contributed by atoms with Gasteiger partial charge in [0.25, 0.3) is 5.91 Å². The van der Waals surface area contributed by atoms with Crippen LogP contribution in [0.25, 0.3) is 6.08 Å². The SMILES string of the molecule is COc1cc(/C=C2/SC(=S)NC2=O)cc(I)c1OCc1ccccc1C#N. The number of nitrogens with one attached hydrogen (secondary N) is 1. The van der Waals surface area contributed by atoms with Crippen molar-refractivity contribution in [2.24, 2.45) is 0 Å². The van der Waals surface area contributed by atoms with Crippen molar-refractivity contribution in [3.05, 3.63) is 61.6 Å². The largest absolute Gasteiger partial charge is 0.493 e. The number of rotatable bonds is 5. The molecule has 0 atom stereocenters. The molecule has 1 aliphatic heterocycles. The Kier molecular flexibility index (Phi) is 6.36. The molecule has 0 aromatic heterocycles. The van der Waals surface area contributed by atoms with Crippen molar-refractivity contribution in [1.82, 2.24) is 5.32 Å². The third kappa shape index (κ3) is 4.61. The van der Waals surface area contributed by atoms with Gasteiger partial charge in [-0.25, -0.2) is 0 Å². The summed E-state index contributed by atoms with van der Waals surface area (Å²) in [6.45, 7) is 0.253. The quantitative estimate of drug-likeness (QED) is 0.370. The Balaban J connectivity index is 1.87. The van der Waals surface area contributed by atoms with Crippen LogP contribution in [0.4, 0.5) is 0 Å². The maximum atomic E-state index is 11.8. The monoisotopic (exact) mass is 508 g/mol. The summed E-state index contributed by atoms with van der Waals surface area (Å²) in [5.41, 5.74) is 2.19. The number of methoxy groups -OCH3 is 1. The highest BCUT2D eigenvalue weighted by atomic mass is 127. The Labute approximate surface area is 179 Å². The summed E-state index contributed by atoms with van der Waals surface area (Å²) in [5, 5.41) is 11.8. The minimum atomic E-state index is -0.201. The molecule has 1 heterocycles. The fourth-order valence-electron chi connectivity index (χ4n) is 2.44. The summed E-state index contributed by atoms with van der Waals surface area (Å²) in [5.74, 6) is 0.939. The first-order valence-corrected chi connectivity index (χ1v) is 10.1. The summed E-state index contributed by atoms with van der Waals surface area (Å²) < 4.78 is 12.7. The summed E-state index contributed by atoms with van der Waals surface area (Å²) >= 11 is 8.40. The number of nitrogens with zero attached hydrogens (tertiary/aromatic N) is 1. The molecule has 0 radical (unpaired) electrons. The van der Waals surface area contributed by atoms with Gasteiger partial charge in [0, 0.05) is 5.56 Å². The zero-order valence-corrected chi connectivity index (χ0v) is 17.9. The Morgan fingerprint density at radius 2 is 2.15 bits per heavy atom. The standard InChI is InChI=1S/C19H13IN2O3S2/c1-24-15-7-11(8-16-18(23)22-19(26)27-16)6-14(20)17(15)25-10-13-5-3-2-4-12(13)9-21/h2-8H,10H2,1H3,(H,22,23,26)/b16-8+. The maximum Gasteiger partial charge on any atom is 0.263 e. The second kappa shape index (κ2) is 8.73. The van der Waals surface area contributed by atoms with Gasteiger partial charge in [0.1, 0.15) is 10.9 Å². The lowest BCUT2D eigenvalue weighted by Crippen LogP contribution is -2.17. The minimum Gasteiger partial charge on any atom is -0.493 e. The molecule has 0 spiro atoms. The highest BCUT2D eigenvalue weighted by molar-refractivity contribution is 14.1. The molecule has 0 unspecified atom stereocenters. The molecule has 2 aromatic rings. The van der Waals surface area contributed by atoms with E-state index in [0.29, 0.717) is 26.3 Å². The second-order valence-corrected chi connectivity index (χ2v) is 8.33. The van der Waals surface area contributed by atoms with E-state index in [1.165, 1.54) is 11.8 Å². The molecule has 1 saturated heterocycles. The number of ether oxygens (including phenoxy) is 2. The van der Waals surface area contributed by atoms with Gasteiger partial charge in [-0.05, 0) is 52.4 Å². The lowest BCUT2D eigenvalue weighted by molar-refractivity contribution is -0.115. The molecule has 1 aliphatic rings. The molecule has 0 saturated carbocycles. The third-order valence-corrected chi connectivity index (χ3v) is 5.67. The first-order valence-electron chi connectivity index (χ1n) is 7.75. The average molecular weight is 508 g/mol. The van der Waals surface area contributed by atoms with Crippen molar-refractivity contribution >= 4 is 62.9 Å². The number of hydrogen-bond acceptors (Lipinski definition) is 6. The molecule has 0 aliphatic carbocycles. The highest BCUT2D eigenvalue weighted by Gasteiger charge is 2.22. The minimum absolute atomic E-state index is 0.201. The molecule has 3 rings (SSSR count). The number of thioether (sulfide) groups is 1. The fraction of sp³-hybridized carbons (Fsp3) is 0.105. The fourth-order valence-corrected chi connectivity index (χ4v) is 4.27. The van der Waals surface area contributed by atoms with E-state index in [-0.39, 0.29) is 12.5 Å². The van der Waals surface area contributed by atoms with Crippen LogP contribution in [-0.2, 0) is 11.4 Å². The number of amides is 1. The highest BCUT2D eigenvalue weighted by Crippen LogP contribution is 2.36. The van der Waals surface area contributed by atoms with Crippen molar-refractivity contribution < 1.29 is 14.3 Å². The van der Waals surface area contributed by atoms with Crippen LogP contribution in [0, 0.1) is 14.9 Å². The Morgan fingerprint density at radius 3 is 2.81 bits per heavy atom. The maximum absolute atomic E-state index is 11.8. The number of benzene rings is 2. The zero-order chi connectivity index (χ0) is 19.4. The first kappa shape index (κ1) is 19.7. The van der Waals surface area contributed by atoms with Crippen LogP contribution < -0.4 is 14.8 Å². The average Bonchev–Trinajstić information content (AvgIpc) is 2.97. The van der Waals surface area contributed by atoms with E-state index in [9.17, 15) is 10.1 Å². The molecule has 1 amide bonds. The number of nitriles is 1. The Hall–Kier alpha value is -2.09. The second-order valence-electron chi connectivity index (χ2n) is 5.44. The van der Waals surface area contributed by atoms with Gasteiger partial charge in [0.2, 0.25) is 0 Å². The van der Waals surface area contributed by atoms with Gasteiger partial charge in [-0.1, -0.05) is 42.2 Å². The van der Waals surface area contributed by atoms with E-state index in [1.807, 2.05) is 24.3 Å². The normalized spacial score (nSPS) is 14.8. The van der Waals surface area contributed by atoms with Crippen LogP contribution in [0.1, 0.15) is 16.7 Å². The van der Waals surface area contributed by atoms with E-state index in [0.717, 1.165) is 14.7 Å². The van der Waals surface area contributed by atoms with Gasteiger partial charge >= 0.3 is 0 Å². The van der Waals surface area contributed by atoms with Crippen LogP contribution in [-0.4, -0.2) is 17.3 Å². The van der Waals surface area contributed by atoms with Crippen LogP contribution in [0.3, 0.4) is 0 Å². The molecule has 8 heteroatoms. The molecule has 0 bridgehead atoms. The van der Waals surface area contributed by atoms with Crippen molar-refractivity contribution in [3.63, 3.8) is 0 Å². The number of thiocarbonyl (C=S) groups is 1. The Bertz CT molecular complexity index is 999. The molecule has 5 nitrogen and oxygen atoms in total. The number of carbonyl (C=O) groups is 1. The first-order chi connectivity index (χ1) is 13.0. The predicted molar refractivity (Wildman–Crippen MR) is 118 cm³/mol. The van der Waals surface area contributed by atoms with Crippen molar-refractivity contribution in [1.29, 1.82) is 5.26 Å². The Morgan fingerprint density at radius 1 is 1.37 bits per heavy atom. The van der Waals surface area contributed by atoms with Gasteiger partial charge in [-0.3, -0.25) is 4.79 Å². The van der Waals surface area contributed by atoms with Gasteiger partial charge in [-0.2, -0.15) is 5.26 Å². The molecule has 27 heavy (non-hydrogen) atoms. The predicted octanol–water partition coefficient (Wildman–Crippen LogP) is 4.24. The van der Waals surface area contributed by atoms with Gasteiger partial charge < -0.3 is 14.8 Å². The summed E-state index contributed by atoms with van der Waals surface area (Å²) in [4.78, 5) is 12.4. The van der Waals surface area contributed by atoms with Crippen LogP contribution >= 0.6 is 46.6 Å². The number of hydrogen-bond donors (Lipinski definition) is 1. The topological polar surface area (TPSA) is 71.3 Å². The number of carbonyl (C=O) groups excluding carboxylic acids is 1.